The Labute approximate surface area is 168 Å². The van der Waals surface area contributed by atoms with E-state index in [1.807, 2.05) is 6.07 Å². The highest BCUT2D eigenvalue weighted by molar-refractivity contribution is 5.98. The van der Waals surface area contributed by atoms with E-state index in [0.717, 1.165) is 50.1 Å². The van der Waals surface area contributed by atoms with Gasteiger partial charge in [0, 0.05) is 17.5 Å². The van der Waals surface area contributed by atoms with Crippen LogP contribution >= 0.6 is 0 Å². The smallest absolute Gasteiger partial charge is 0.255 e. The summed E-state index contributed by atoms with van der Waals surface area (Å²) in [7, 11) is 2.11. The summed E-state index contributed by atoms with van der Waals surface area (Å²) in [6.45, 7) is 8.58. The summed E-state index contributed by atoms with van der Waals surface area (Å²) in [5, 5.41) is 14.3. The number of nitrogens with one attached hydrogen (secondary N) is 1. The Bertz CT molecular complexity index is 752. The molecule has 0 aromatic heterocycles. The zero-order chi connectivity index (χ0) is 20.1. The molecule has 0 spiro atoms. The molecule has 154 valence electrons. The van der Waals surface area contributed by atoms with Gasteiger partial charge in [0.1, 0.15) is 17.1 Å². The molecule has 3 aliphatic rings. The molecule has 4 rings (SSSR count). The SMILES string of the molecule is C[C@@H]1CC[C@@H]2[C@@H](C1)c1c(ccc(C(=O)NC3CCN(C)CC3)c1O)OC2(C)C. The molecule has 2 aliphatic heterocycles. The number of benzene rings is 1. The molecule has 5 nitrogen and oxygen atoms in total. The van der Waals surface area contributed by atoms with Gasteiger partial charge in [-0.05, 0) is 83.6 Å². The van der Waals surface area contributed by atoms with Gasteiger partial charge in [-0.2, -0.15) is 0 Å². The van der Waals surface area contributed by atoms with E-state index in [0.29, 0.717) is 17.4 Å². The Balaban J connectivity index is 1.62. The highest BCUT2D eigenvalue weighted by Crippen LogP contribution is 2.55. The lowest BCUT2D eigenvalue weighted by Gasteiger charge is -2.48. The van der Waals surface area contributed by atoms with Crippen molar-refractivity contribution in [3.63, 3.8) is 0 Å². The van der Waals surface area contributed by atoms with Gasteiger partial charge in [-0.3, -0.25) is 4.79 Å². The number of carbonyl (C=O) groups is 1. The van der Waals surface area contributed by atoms with Crippen LogP contribution in [0.2, 0.25) is 0 Å². The summed E-state index contributed by atoms with van der Waals surface area (Å²) >= 11 is 0. The molecule has 2 fully saturated rings. The van der Waals surface area contributed by atoms with E-state index in [-0.39, 0.29) is 29.2 Å². The Morgan fingerprint density at radius 1 is 1.21 bits per heavy atom. The van der Waals surface area contributed by atoms with Gasteiger partial charge in [0.05, 0.1) is 5.56 Å². The molecule has 1 saturated carbocycles. The van der Waals surface area contributed by atoms with Gasteiger partial charge in [-0.1, -0.05) is 13.3 Å². The number of phenolic OH excluding ortho intramolecular Hbond substituents is 1. The van der Waals surface area contributed by atoms with Crippen molar-refractivity contribution >= 4 is 5.91 Å². The zero-order valence-electron chi connectivity index (χ0n) is 17.6. The number of likely N-dealkylation sites (tertiary alicyclic amines) is 1. The van der Waals surface area contributed by atoms with Crippen molar-refractivity contribution in [3.8, 4) is 11.5 Å². The van der Waals surface area contributed by atoms with Crippen LogP contribution in [0.25, 0.3) is 0 Å². The second kappa shape index (κ2) is 7.25. The maximum Gasteiger partial charge on any atom is 0.255 e. The second-order valence-corrected chi connectivity index (χ2v) is 9.76. The number of rotatable bonds is 2. The number of hydrogen-bond donors (Lipinski definition) is 2. The first-order valence-electron chi connectivity index (χ1n) is 10.8. The normalized spacial score (nSPS) is 30.1. The van der Waals surface area contributed by atoms with Gasteiger partial charge in [0.2, 0.25) is 0 Å². The number of ether oxygens (including phenoxy) is 1. The van der Waals surface area contributed by atoms with E-state index in [2.05, 4.69) is 38.0 Å². The number of aromatic hydroxyl groups is 1. The first-order chi connectivity index (χ1) is 13.3. The summed E-state index contributed by atoms with van der Waals surface area (Å²) in [6, 6.07) is 3.79. The number of phenols is 1. The van der Waals surface area contributed by atoms with Crippen molar-refractivity contribution in [3.05, 3.63) is 23.3 Å². The molecule has 1 aliphatic carbocycles. The summed E-state index contributed by atoms with van der Waals surface area (Å²) in [4.78, 5) is 15.2. The Morgan fingerprint density at radius 2 is 1.93 bits per heavy atom. The fourth-order valence-corrected chi connectivity index (χ4v) is 5.53. The minimum Gasteiger partial charge on any atom is -0.507 e. The van der Waals surface area contributed by atoms with Crippen molar-refractivity contribution in [1.29, 1.82) is 0 Å². The van der Waals surface area contributed by atoms with Gasteiger partial charge in [0.25, 0.3) is 5.91 Å². The van der Waals surface area contributed by atoms with E-state index < -0.39 is 0 Å². The average Bonchev–Trinajstić information content (AvgIpc) is 2.62. The molecular weight excluding hydrogens is 352 g/mol. The molecule has 3 atom stereocenters. The zero-order valence-corrected chi connectivity index (χ0v) is 17.6. The average molecular weight is 387 g/mol. The lowest BCUT2D eigenvalue weighted by atomic mass is 9.64. The van der Waals surface area contributed by atoms with Gasteiger partial charge >= 0.3 is 0 Å². The number of fused-ring (bicyclic) bond motifs is 3. The van der Waals surface area contributed by atoms with E-state index in [9.17, 15) is 9.90 Å². The van der Waals surface area contributed by atoms with Crippen molar-refractivity contribution < 1.29 is 14.6 Å². The molecule has 1 saturated heterocycles. The molecule has 0 bridgehead atoms. The second-order valence-electron chi connectivity index (χ2n) is 9.76. The Morgan fingerprint density at radius 3 is 2.64 bits per heavy atom. The minimum absolute atomic E-state index is 0.127. The summed E-state index contributed by atoms with van der Waals surface area (Å²) < 4.78 is 6.30. The molecule has 2 N–H and O–H groups in total. The van der Waals surface area contributed by atoms with Crippen LogP contribution in [0, 0.1) is 11.8 Å². The maximum atomic E-state index is 12.9. The van der Waals surface area contributed by atoms with Gasteiger partial charge in [0.15, 0.2) is 0 Å². The molecule has 1 aromatic carbocycles. The number of piperidine rings is 1. The van der Waals surface area contributed by atoms with Crippen LogP contribution in [0.5, 0.6) is 11.5 Å². The molecule has 0 radical (unpaired) electrons. The van der Waals surface area contributed by atoms with Crippen LogP contribution in [0.15, 0.2) is 12.1 Å². The third-order valence-electron chi connectivity index (χ3n) is 7.22. The predicted octanol–water partition coefficient (Wildman–Crippen LogP) is 3.91. The largest absolute Gasteiger partial charge is 0.507 e. The molecule has 0 unspecified atom stereocenters. The van der Waals surface area contributed by atoms with Gasteiger partial charge < -0.3 is 20.1 Å². The fourth-order valence-electron chi connectivity index (χ4n) is 5.53. The minimum atomic E-state index is -0.248. The summed E-state index contributed by atoms with van der Waals surface area (Å²) in [6.07, 6.45) is 5.24. The van der Waals surface area contributed by atoms with Gasteiger partial charge in [-0.25, -0.2) is 0 Å². The number of nitrogens with zero attached hydrogens (tertiary/aromatic N) is 1. The molecule has 2 heterocycles. The molecule has 5 heteroatoms. The predicted molar refractivity (Wildman–Crippen MR) is 110 cm³/mol. The summed E-state index contributed by atoms with van der Waals surface area (Å²) in [5.41, 5.74) is 0.993. The van der Waals surface area contributed by atoms with Crippen LogP contribution in [0.1, 0.15) is 74.7 Å². The van der Waals surface area contributed by atoms with Crippen LogP contribution < -0.4 is 10.1 Å². The van der Waals surface area contributed by atoms with E-state index >= 15 is 0 Å². The lowest BCUT2D eigenvalue weighted by Crippen LogP contribution is -2.47. The first kappa shape index (κ1) is 19.6. The highest BCUT2D eigenvalue weighted by Gasteiger charge is 2.47. The standard InChI is InChI=1S/C23H34N2O3/c1-14-5-7-18-17(13-14)20-19(28-23(18,2)3)8-6-16(21(20)26)22(27)24-15-9-11-25(4)12-10-15/h6,8,14-15,17-18,26H,5,7,9-13H2,1-4H3,(H,24,27)/t14-,17-,18-/m1/s1. The summed E-state index contributed by atoms with van der Waals surface area (Å²) in [5.74, 6) is 1.95. The monoisotopic (exact) mass is 386 g/mol. The fraction of sp³-hybridized carbons (Fsp3) is 0.696. The van der Waals surface area contributed by atoms with E-state index in [1.165, 1.54) is 6.42 Å². The highest BCUT2D eigenvalue weighted by atomic mass is 16.5. The van der Waals surface area contributed by atoms with Gasteiger partial charge in [-0.15, -0.1) is 0 Å². The number of amides is 1. The van der Waals surface area contributed by atoms with Crippen LogP contribution in [0.4, 0.5) is 0 Å². The van der Waals surface area contributed by atoms with Crippen molar-refractivity contribution in [2.24, 2.45) is 11.8 Å². The van der Waals surface area contributed by atoms with E-state index in [4.69, 9.17) is 4.74 Å². The van der Waals surface area contributed by atoms with Crippen LogP contribution in [-0.4, -0.2) is 47.7 Å². The first-order valence-corrected chi connectivity index (χ1v) is 10.8. The molecular formula is C23H34N2O3. The van der Waals surface area contributed by atoms with E-state index in [1.54, 1.807) is 6.07 Å². The Kier molecular flexibility index (Phi) is 5.07. The van der Waals surface area contributed by atoms with Crippen molar-refractivity contribution in [2.75, 3.05) is 20.1 Å². The topological polar surface area (TPSA) is 61.8 Å². The quantitative estimate of drug-likeness (QED) is 0.809. The third-order valence-corrected chi connectivity index (χ3v) is 7.22. The maximum absolute atomic E-state index is 12.9. The molecule has 1 aromatic rings. The number of carbonyl (C=O) groups excluding carboxylic acids is 1. The molecule has 1 amide bonds. The van der Waals surface area contributed by atoms with Crippen LogP contribution in [-0.2, 0) is 0 Å². The lowest BCUT2D eigenvalue weighted by molar-refractivity contribution is -0.0145. The molecule has 28 heavy (non-hydrogen) atoms. The van der Waals surface area contributed by atoms with Crippen LogP contribution in [0.3, 0.4) is 0 Å². The Hall–Kier alpha value is -1.75. The third kappa shape index (κ3) is 3.49. The van der Waals surface area contributed by atoms with Crippen molar-refractivity contribution in [2.45, 2.75) is 70.4 Å². The number of hydrogen-bond acceptors (Lipinski definition) is 4. The van der Waals surface area contributed by atoms with Crippen molar-refractivity contribution in [1.82, 2.24) is 10.2 Å².